The normalized spacial score (nSPS) is 12.5. The molecular formula is C17H25N3. The molecule has 1 aromatic heterocycles. The zero-order chi connectivity index (χ0) is 14.2. The molecule has 0 amide bonds. The highest BCUT2D eigenvalue weighted by molar-refractivity contribution is 5.19. The monoisotopic (exact) mass is 271 g/mol. The predicted molar refractivity (Wildman–Crippen MR) is 83.7 cm³/mol. The van der Waals surface area contributed by atoms with Crippen molar-refractivity contribution < 1.29 is 0 Å². The van der Waals surface area contributed by atoms with Crippen LogP contribution in [0.1, 0.15) is 43.9 Å². The van der Waals surface area contributed by atoms with Gasteiger partial charge in [0.2, 0.25) is 0 Å². The van der Waals surface area contributed by atoms with Gasteiger partial charge in [-0.2, -0.15) is 5.10 Å². The van der Waals surface area contributed by atoms with Crippen LogP contribution in [-0.4, -0.2) is 16.3 Å². The minimum Gasteiger partial charge on any atom is -0.310 e. The second-order valence-corrected chi connectivity index (χ2v) is 5.17. The molecule has 0 fully saturated rings. The van der Waals surface area contributed by atoms with Gasteiger partial charge in [-0.25, -0.2) is 0 Å². The van der Waals surface area contributed by atoms with E-state index in [1.54, 1.807) is 0 Å². The first-order valence-corrected chi connectivity index (χ1v) is 7.63. The van der Waals surface area contributed by atoms with Gasteiger partial charge in [-0.15, -0.1) is 0 Å². The van der Waals surface area contributed by atoms with Crippen LogP contribution < -0.4 is 5.32 Å². The summed E-state index contributed by atoms with van der Waals surface area (Å²) in [4.78, 5) is 0. The molecule has 3 nitrogen and oxygen atoms in total. The van der Waals surface area contributed by atoms with Gasteiger partial charge in [0.25, 0.3) is 0 Å². The Hall–Kier alpha value is -1.61. The Labute approximate surface area is 122 Å². The van der Waals surface area contributed by atoms with Crippen molar-refractivity contribution in [3.05, 3.63) is 53.9 Å². The zero-order valence-corrected chi connectivity index (χ0v) is 12.5. The Balaban J connectivity index is 1.94. The average Bonchev–Trinajstić information content (AvgIpc) is 2.92. The number of benzene rings is 1. The number of hydrogen-bond donors (Lipinski definition) is 1. The number of rotatable bonds is 8. The lowest BCUT2D eigenvalue weighted by Crippen LogP contribution is -2.21. The molecule has 0 bridgehead atoms. The highest BCUT2D eigenvalue weighted by Gasteiger charge is 2.10. The van der Waals surface area contributed by atoms with E-state index in [9.17, 15) is 0 Å². The third-order valence-electron chi connectivity index (χ3n) is 3.51. The number of aryl methyl sites for hydroxylation is 2. The SMILES string of the molecule is CCCn1cc(CCC(NCC)c2ccccc2)cn1. The van der Waals surface area contributed by atoms with Crippen molar-refractivity contribution >= 4 is 0 Å². The molecule has 0 saturated heterocycles. The van der Waals surface area contributed by atoms with E-state index in [2.05, 4.69) is 60.8 Å². The summed E-state index contributed by atoms with van der Waals surface area (Å²) in [7, 11) is 0. The van der Waals surface area contributed by atoms with Crippen LogP contribution in [0, 0.1) is 0 Å². The van der Waals surface area contributed by atoms with Crippen molar-refractivity contribution in [1.29, 1.82) is 0 Å². The van der Waals surface area contributed by atoms with Crippen molar-refractivity contribution in [3.63, 3.8) is 0 Å². The summed E-state index contributed by atoms with van der Waals surface area (Å²) < 4.78 is 2.04. The molecule has 3 heteroatoms. The Bertz CT molecular complexity index is 490. The summed E-state index contributed by atoms with van der Waals surface area (Å²) in [6.45, 7) is 6.34. The summed E-state index contributed by atoms with van der Waals surface area (Å²) in [6, 6.07) is 11.1. The van der Waals surface area contributed by atoms with Crippen LogP contribution in [0.2, 0.25) is 0 Å². The highest BCUT2D eigenvalue weighted by Crippen LogP contribution is 2.18. The quantitative estimate of drug-likeness (QED) is 0.795. The molecule has 0 saturated carbocycles. The summed E-state index contributed by atoms with van der Waals surface area (Å²) in [5, 5.41) is 7.97. The van der Waals surface area contributed by atoms with Gasteiger partial charge in [-0.1, -0.05) is 44.2 Å². The molecular weight excluding hydrogens is 246 g/mol. The van der Waals surface area contributed by atoms with Gasteiger partial charge in [0, 0.05) is 18.8 Å². The molecule has 0 aliphatic rings. The van der Waals surface area contributed by atoms with Crippen LogP contribution >= 0.6 is 0 Å². The van der Waals surface area contributed by atoms with E-state index in [0.717, 1.165) is 32.4 Å². The minimum absolute atomic E-state index is 0.427. The van der Waals surface area contributed by atoms with E-state index >= 15 is 0 Å². The summed E-state index contributed by atoms with van der Waals surface area (Å²) in [5.41, 5.74) is 2.70. The zero-order valence-electron chi connectivity index (χ0n) is 12.5. The highest BCUT2D eigenvalue weighted by atomic mass is 15.3. The lowest BCUT2D eigenvalue weighted by Gasteiger charge is -2.17. The fourth-order valence-electron chi connectivity index (χ4n) is 2.52. The van der Waals surface area contributed by atoms with Crippen molar-refractivity contribution in [2.24, 2.45) is 0 Å². The third-order valence-corrected chi connectivity index (χ3v) is 3.51. The van der Waals surface area contributed by atoms with E-state index in [0.29, 0.717) is 6.04 Å². The molecule has 2 aromatic rings. The van der Waals surface area contributed by atoms with Gasteiger partial charge in [-0.05, 0) is 36.9 Å². The second kappa shape index (κ2) is 7.85. The van der Waals surface area contributed by atoms with E-state index in [-0.39, 0.29) is 0 Å². The largest absolute Gasteiger partial charge is 0.310 e. The van der Waals surface area contributed by atoms with Crippen molar-refractivity contribution in [2.75, 3.05) is 6.54 Å². The lowest BCUT2D eigenvalue weighted by atomic mass is 10.0. The molecule has 2 rings (SSSR count). The van der Waals surface area contributed by atoms with Crippen LogP contribution in [-0.2, 0) is 13.0 Å². The summed E-state index contributed by atoms with van der Waals surface area (Å²) in [6.07, 6.45) is 7.48. The van der Waals surface area contributed by atoms with E-state index in [1.165, 1.54) is 11.1 Å². The van der Waals surface area contributed by atoms with E-state index < -0.39 is 0 Å². The van der Waals surface area contributed by atoms with Crippen LogP contribution in [0.5, 0.6) is 0 Å². The maximum Gasteiger partial charge on any atom is 0.0521 e. The van der Waals surface area contributed by atoms with Gasteiger partial charge in [0.05, 0.1) is 6.20 Å². The maximum atomic E-state index is 4.40. The maximum absolute atomic E-state index is 4.40. The molecule has 1 N–H and O–H groups in total. The van der Waals surface area contributed by atoms with Crippen molar-refractivity contribution in [3.8, 4) is 0 Å². The first-order chi connectivity index (χ1) is 9.83. The predicted octanol–water partition coefficient (Wildman–Crippen LogP) is 3.58. The second-order valence-electron chi connectivity index (χ2n) is 5.17. The number of nitrogens with zero attached hydrogens (tertiary/aromatic N) is 2. The van der Waals surface area contributed by atoms with Gasteiger partial charge in [-0.3, -0.25) is 4.68 Å². The Morgan fingerprint density at radius 1 is 1.20 bits per heavy atom. The average molecular weight is 271 g/mol. The molecule has 0 aliphatic heterocycles. The lowest BCUT2D eigenvalue weighted by molar-refractivity contribution is 0.515. The Morgan fingerprint density at radius 2 is 2.00 bits per heavy atom. The van der Waals surface area contributed by atoms with Gasteiger partial charge in [0.1, 0.15) is 0 Å². The summed E-state index contributed by atoms with van der Waals surface area (Å²) >= 11 is 0. The van der Waals surface area contributed by atoms with Gasteiger partial charge >= 0.3 is 0 Å². The minimum atomic E-state index is 0.427. The Kier molecular flexibility index (Phi) is 5.81. The fourth-order valence-corrected chi connectivity index (χ4v) is 2.52. The number of nitrogens with one attached hydrogen (secondary N) is 1. The fraction of sp³-hybridized carbons (Fsp3) is 0.471. The van der Waals surface area contributed by atoms with E-state index in [4.69, 9.17) is 0 Å². The first kappa shape index (κ1) is 14.8. The van der Waals surface area contributed by atoms with Crippen molar-refractivity contribution in [1.82, 2.24) is 15.1 Å². The van der Waals surface area contributed by atoms with Gasteiger partial charge in [0.15, 0.2) is 0 Å². The molecule has 0 spiro atoms. The third kappa shape index (κ3) is 4.20. The number of aromatic nitrogens is 2. The summed E-state index contributed by atoms with van der Waals surface area (Å²) in [5.74, 6) is 0. The van der Waals surface area contributed by atoms with Crippen LogP contribution in [0.25, 0.3) is 0 Å². The first-order valence-electron chi connectivity index (χ1n) is 7.63. The molecule has 1 heterocycles. The van der Waals surface area contributed by atoms with Crippen LogP contribution in [0.3, 0.4) is 0 Å². The van der Waals surface area contributed by atoms with Crippen LogP contribution in [0.15, 0.2) is 42.7 Å². The standard InChI is InChI=1S/C17H25N3/c1-3-12-20-14-15(13-19-20)10-11-17(18-4-2)16-8-6-5-7-9-16/h5-9,13-14,17-18H,3-4,10-12H2,1-2H3. The van der Waals surface area contributed by atoms with Crippen LogP contribution in [0.4, 0.5) is 0 Å². The van der Waals surface area contributed by atoms with E-state index in [1.807, 2.05) is 10.9 Å². The van der Waals surface area contributed by atoms with Gasteiger partial charge < -0.3 is 5.32 Å². The van der Waals surface area contributed by atoms with Crippen molar-refractivity contribution in [2.45, 2.75) is 45.7 Å². The molecule has 1 atom stereocenters. The molecule has 108 valence electrons. The topological polar surface area (TPSA) is 29.9 Å². The molecule has 1 aromatic carbocycles. The smallest absolute Gasteiger partial charge is 0.0521 e. The number of hydrogen-bond acceptors (Lipinski definition) is 2. The molecule has 0 aliphatic carbocycles. The Morgan fingerprint density at radius 3 is 2.70 bits per heavy atom. The molecule has 1 unspecified atom stereocenters. The molecule has 0 radical (unpaired) electrons. The molecule has 20 heavy (non-hydrogen) atoms.